The number of carbonyl (C=O) groups is 1. The number of fused-ring (bicyclic) bond motifs is 5. The predicted octanol–water partition coefficient (Wildman–Crippen LogP) is 8.87. The lowest BCUT2D eigenvalue weighted by molar-refractivity contribution is 0.0837. The summed E-state index contributed by atoms with van der Waals surface area (Å²) in [5, 5.41) is 25.6. The molecule has 0 radical (unpaired) electrons. The molecule has 3 saturated heterocycles. The van der Waals surface area contributed by atoms with Crippen LogP contribution < -0.4 is 21.5 Å². The van der Waals surface area contributed by atoms with Crippen LogP contribution in [0.25, 0.3) is 33.1 Å². The van der Waals surface area contributed by atoms with E-state index in [1.165, 1.54) is 6.07 Å². The molecule has 2 aromatic heterocycles. The number of aryl methyl sites for hydroxylation is 2. The number of amides is 1. The Morgan fingerprint density at radius 2 is 1.74 bits per heavy atom. The van der Waals surface area contributed by atoms with Gasteiger partial charge in [-0.3, -0.25) is 14.3 Å². The fourth-order valence-corrected chi connectivity index (χ4v) is 10.2. The van der Waals surface area contributed by atoms with Crippen LogP contribution in [0.5, 0.6) is 5.75 Å². The Bertz CT molecular complexity index is 2660. The molecule has 5 heterocycles. The van der Waals surface area contributed by atoms with Crippen LogP contribution in [0.2, 0.25) is 18.1 Å². The molecular weight excluding hydrogens is 787 g/mol. The number of hydrogen-bond acceptors (Lipinski definition) is 8. The average Bonchev–Trinajstić information content (AvgIpc) is 3.55. The fourth-order valence-electron chi connectivity index (χ4n) is 8.95. The lowest BCUT2D eigenvalue weighted by Gasteiger charge is -2.48. The number of hydrogen-bond donors (Lipinski definition) is 4. The van der Waals surface area contributed by atoms with Gasteiger partial charge in [-0.05, 0) is 115 Å². The highest BCUT2D eigenvalue weighted by Gasteiger charge is 2.41. The molecule has 320 valence electrons. The third kappa shape index (κ3) is 8.83. The minimum absolute atomic E-state index is 0.00478. The first-order valence-corrected chi connectivity index (χ1v) is 24.4. The summed E-state index contributed by atoms with van der Waals surface area (Å²) >= 11 is 0. The smallest absolute Gasteiger partial charge is 0.419 e. The van der Waals surface area contributed by atoms with Gasteiger partial charge in [0.25, 0.3) is 0 Å². The van der Waals surface area contributed by atoms with Gasteiger partial charge in [0.15, 0.2) is 13.9 Å². The van der Waals surface area contributed by atoms with Crippen molar-refractivity contribution in [3.8, 4) is 16.9 Å². The maximum absolute atomic E-state index is 13.2. The quantitative estimate of drug-likeness (QED) is 0.0788. The number of piperidine rings is 3. The zero-order valence-corrected chi connectivity index (χ0v) is 36.7. The van der Waals surface area contributed by atoms with E-state index in [1.54, 1.807) is 21.6 Å². The number of pyridine rings is 1. The number of rotatable bonds is 14. The summed E-state index contributed by atoms with van der Waals surface area (Å²) in [6.45, 7) is 15.2. The van der Waals surface area contributed by atoms with E-state index in [9.17, 15) is 24.6 Å². The van der Waals surface area contributed by atoms with E-state index in [4.69, 9.17) is 8.84 Å². The molecular formula is C48H57N5O7Si. The number of benzene rings is 4. The van der Waals surface area contributed by atoms with Crippen LogP contribution >= 0.6 is 0 Å². The summed E-state index contributed by atoms with van der Waals surface area (Å²) in [5.74, 6) is -0.0795. The Hall–Kier alpha value is -5.47. The van der Waals surface area contributed by atoms with Crippen molar-refractivity contribution < 1.29 is 23.9 Å². The molecule has 1 unspecified atom stereocenters. The molecule has 13 heteroatoms. The Morgan fingerprint density at radius 3 is 2.44 bits per heavy atom. The van der Waals surface area contributed by atoms with E-state index in [0.717, 1.165) is 65.7 Å². The largest absolute Gasteiger partial charge is 0.506 e. The van der Waals surface area contributed by atoms with Gasteiger partial charge in [0.1, 0.15) is 5.75 Å². The molecule has 4 N–H and O–H groups in total. The van der Waals surface area contributed by atoms with Crippen molar-refractivity contribution >= 4 is 42.1 Å². The lowest BCUT2D eigenvalue weighted by Crippen LogP contribution is -2.59. The van der Waals surface area contributed by atoms with Gasteiger partial charge in [-0.15, -0.1) is 0 Å². The second kappa shape index (κ2) is 17.1. The Morgan fingerprint density at radius 1 is 0.984 bits per heavy atom. The SMILES string of the molecule is CC(C)(C)[Si](C)(C)O[C@@H](CNCc1ccc2oc(=O)n(CCCc3ccc(-c4ccccc4)c(N(C(=O)O)C4CN5CCC4CC5)c3)c2c1)c1ccc(O)c2[nH]c(=O)ccc12. The molecule has 3 aliphatic heterocycles. The molecule has 2 bridgehead atoms. The number of aromatic hydroxyl groups is 1. The summed E-state index contributed by atoms with van der Waals surface area (Å²) in [7, 11) is -2.27. The number of anilines is 1. The summed E-state index contributed by atoms with van der Waals surface area (Å²) in [6, 6.07) is 28.5. The number of phenolic OH excluding ortho intramolecular Hbond substituents is 1. The third-order valence-electron chi connectivity index (χ3n) is 13.3. The minimum atomic E-state index is -2.27. The van der Waals surface area contributed by atoms with Crippen LogP contribution in [0.3, 0.4) is 0 Å². The number of phenols is 1. The zero-order valence-electron chi connectivity index (χ0n) is 35.7. The number of aromatic amines is 1. The monoisotopic (exact) mass is 843 g/mol. The van der Waals surface area contributed by atoms with Crippen molar-refractivity contribution in [2.75, 3.05) is 31.1 Å². The molecule has 0 saturated carbocycles. The number of nitrogens with one attached hydrogen (secondary N) is 2. The number of carboxylic acid groups (broad SMARTS) is 1. The third-order valence-corrected chi connectivity index (χ3v) is 17.8. The first-order valence-electron chi connectivity index (χ1n) is 21.5. The van der Waals surface area contributed by atoms with Crippen molar-refractivity contribution in [2.24, 2.45) is 5.92 Å². The standard InChI is InChI=1S/C48H57N5O7Si/c1-48(2,3)61(4,5)60-43(36-16-18-41(54)45-37(36)17-20-44(55)50-45)29-49-28-32-14-19-42-39(27-32)52(47(58)59-42)23-9-10-31-13-15-35(33-11-7-6-8-12-33)38(26-31)53(46(56)57)40-30-51-24-21-34(40)22-25-51/h6-8,11-20,26-27,34,40,43,49,54H,9-10,21-25,28-30H2,1-5H3,(H,50,55)(H,56,57)/t40?,43-/m0/s1. The highest BCUT2D eigenvalue weighted by Crippen LogP contribution is 2.42. The molecule has 4 aromatic carbocycles. The van der Waals surface area contributed by atoms with Gasteiger partial charge in [0.05, 0.1) is 28.9 Å². The maximum Gasteiger partial charge on any atom is 0.419 e. The first-order chi connectivity index (χ1) is 29.2. The highest BCUT2D eigenvalue weighted by molar-refractivity contribution is 6.74. The van der Waals surface area contributed by atoms with E-state index in [2.05, 4.69) is 55.1 Å². The van der Waals surface area contributed by atoms with Crippen molar-refractivity contribution in [2.45, 2.75) is 89.8 Å². The van der Waals surface area contributed by atoms with Crippen LogP contribution in [0, 0.1) is 5.92 Å². The van der Waals surface area contributed by atoms with E-state index < -0.39 is 20.2 Å². The molecule has 1 amide bonds. The van der Waals surface area contributed by atoms with Gasteiger partial charge in [0, 0.05) is 43.2 Å². The Balaban J connectivity index is 1.00. The van der Waals surface area contributed by atoms with Crippen LogP contribution in [0.4, 0.5) is 10.5 Å². The number of aromatic nitrogens is 2. The molecule has 12 nitrogen and oxygen atoms in total. The van der Waals surface area contributed by atoms with Gasteiger partial charge in [0.2, 0.25) is 5.56 Å². The second-order valence-corrected chi connectivity index (χ2v) is 23.0. The molecule has 61 heavy (non-hydrogen) atoms. The number of H-pyrrole nitrogens is 1. The fraction of sp³-hybridized carbons (Fsp3) is 0.396. The van der Waals surface area contributed by atoms with Crippen molar-refractivity contribution in [1.29, 1.82) is 0 Å². The van der Waals surface area contributed by atoms with Crippen molar-refractivity contribution in [3.05, 3.63) is 129 Å². The van der Waals surface area contributed by atoms with Gasteiger partial charge in [-0.1, -0.05) is 75.4 Å². The van der Waals surface area contributed by atoms with Crippen molar-refractivity contribution in [3.63, 3.8) is 0 Å². The van der Waals surface area contributed by atoms with Gasteiger partial charge in [-0.2, -0.15) is 0 Å². The van der Waals surface area contributed by atoms with E-state index in [-0.39, 0.29) is 28.5 Å². The molecule has 2 atom stereocenters. The van der Waals surface area contributed by atoms with Gasteiger partial charge in [-0.25, -0.2) is 9.59 Å². The zero-order chi connectivity index (χ0) is 43.1. The van der Waals surface area contributed by atoms with Crippen molar-refractivity contribution in [1.82, 2.24) is 19.8 Å². The Labute approximate surface area is 356 Å². The molecule has 0 spiro atoms. The second-order valence-electron chi connectivity index (χ2n) is 18.3. The molecule has 3 aliphatic rings. The van der Waals surface area contributed by atoms with Gasteiger partial charge >= 0.3 is 11.8 Å². The topological polar surface area (TPSA) is 153 Å². The predicted molar refractivity (Wildman–Crippen MR) is 243 cm³/mol. The van der Waals surface area contributed by atoms with Gasteiger partial charge < -0.3 is 34.3 Å². The average molecular weight is 844 g/mol. The van der Waals surface area contributed by atoms with E-state index in [1.807, 2.05) is 66.7 Å². The lowest BCUT2D eigenvalue weighted by atomic mass is 9.82. The van der Waals surface area contributed by atoms with Crippen LogP contribution in [-0.2, 0) is 23.9 Å². The molecule has 6 aromatic rings. The normalized spacial score (nSPS) is 18.5. The van der Waals surface area contributed by atoms with E-state index >= 15 is 0 Å². The molecule has 9 rings (SSSR count). The first kappa shape index (κ1) is 42.2. The maximum atomic E-state index is 13.2. The van der Waals surface area contributed by atoms with Crippen LogP contribution in [0.1, 0.15) is 62.8 Å². The van der Waals surface area contributed by atoms with Crippen LogP contribution in [0.15, 0.2) is 105 Å². The summed E-state index contributed by atoms with van der Waals surface area (Å²) in [4.78, 5) is 45.3. The minimum Gasteiger partial charge on any atom is -0.506 e. The highest BCUT2D eigenvalue weighted by atomic mass is 28.4. The summed E-state index contributed by atoms with van der Waals surface area (Å²) < 4.78 is 14.4. The number of oxazole rings is 1. The Kier molecular flexibility index (Phi) is 11.9. The van der Waals surface area contributed by atoms with Crippen LogP contribution in [-0.4, -0.2) is 71.3 Å². The molecule has 3 fully saturated rings. The summed E-state index contributed by atoms with van der Waals surface area (Å²) in [6.07, 6.45) is 2.00. The number of nitrogens with zero attached hydrogens (tertiary/aromatic N) is 3. The summed E-state index contributed by atoms with van der Waals surface area (Å²) in [5.41, 5.74) is 6.75. The molecule has 0 aliphatic carbocycles. The van der Waals surface area contributed by atoms with E-state index in [0.29, 0.717) is 60.7 Å².